The first kappa shape index (κ1) is 17.0. The van der Waals surface area contributed by atoms with Gasteiger partial charge < -0.3 is 10.6 Å². The summed E-state index contributed by atoms with van der Waals surface area (Å²) in [5.41, 5.74) is 1.84. The Morgan fingerprint density at radius 3 is 2.62 bits per heavy atom. The number of hydrogen-bond donors (Lipinski definition) is 2. The third-order valence-electron chi connectivity index (χ3n) is 3.56. The molecule has 0 atom stereocenters. The minimum Gasteiger partial charge on any atom is -0.348 e. The third kappa shape index (κ3) is 4.19. The summed E-state index contributed by atoms with van der Waals surface area (Å²) >= 11 is 0. The minimum atomic E-state index is -0.397. The molecule has 0 saturated heterocycles. The molecule has 0 saturated carbocycles. The summed E-state index contributed by atoms with van der Waals surface area (Å²) in [5.74, 6) is -0.472. The van der Waals surface area contributed by atoms with Crippen LogP contribution in [0.25, 0.3) is 0 Å². The van der Waals surface area contributed by atoms with Crippen LogP contribution in [0.3, 0.4) is 0 Å². The highest BCUT2D eigenvalue weighted by molar-refractivity contribution is 5.93. The van der Waals surface area contributed by atoms with Crippen molar-refractivity contribution in [2.75, 3.05) is 5.32 Å². The molecule has 0 fully saturated rings. The smallest absolute Gasteiger partial charge is 0.254 e. The number of aromatic nitrogens is 2. The Hall–Kier alpha value is -3.79. The topological polar surface area (TPSA) is 90.7 Å². The molecule has 0 spiro atoms. The molecule has 0 aliphatic rings. The van der Waals surface area contributed by atoms with E-state index in [9.17, 15) is 9.18 Å². The van der Waals surface area contributed by atoms with Gasteiger partial charge in [0.1, 0.15) is 5.82 Å². The minimum absolute atomic E-state index is 0.0759. The Kier molecular flexibility index (Phi) is 5.15. The van der Waals surface area contributed by atoms with Crippen LogP contribution in [-0.2, 0) is 6.54 Å². The van der Waals surface area contributed by atoms with Gasteiger partial charge in [0.05, 0.1) is 17.2 Å². The molecule has 2 aromatic carbocycles. The molecule has 0 unspecified atom stereocenters. The number of nitrogens with zero attached hydrogens (tertiary/aromatic N) is 3. The Labute approximate surface area is 149 Å². The number of anilines is 2. The van der Waals surface area contributed by atoms with Gasteiger partial charge in [-0.15, -0.1) is 0 Å². The van der Waals surface area contributed by atoms with Crippen LogP contribution in [0.5, 0.6) is 0 Å². The maximum absolute atomic E-state index is 13.6. The fourth-order valence-corrected chi connectivity index (χ4v) is 2.22. The van der Waals surface area contributed by atoms with Gasteiger partial charge in [-0.1, -0.05) is 24.3 Å². The standard InChI is InChI=1S/C19H14FN5O/c20-17-7-2-1-5-14(17)10-22-18(26)15-11-23-19(24-12-15)25-16-6-3-4-13(8-16)9-21/h1-8,11-12H,10H2,(H,22,26)(H,23,24,25). The molecule has 26 heavy (non-hydrogen) atoms. The molecule has 6 nitrogen and oxygen atoms in total. The van der Waals surface area contributed by atoms with E-state index in [1.54, 1.807) is 42.5 Å². The third-order valence-corrected chi connectivity index (χ3v) is 3.56. The van der Waals surface area contributed by atoms with Crippen molar-refractivity contribution >= 4 is 17.5 Å². The molecule has 0 radical (unpaired) electrons. The van der Waals surface area contributed by atoms with Gasteiger partial charge in [-0.3, -0.25) is 4.79 Å². The molecule has 3 aromatic rings. The van der Waals surface area contributed by atoms with Crippen molar-refractivity contribution in [2.24, 2.45) is 0 Å². The predicted molar refractivity (Wildman–Crippen MR) is 94.0 cm³/mol. The van der Waals surface area contributed by atoms with E-state index < -0.39 is 5.91 Å². The van der Waals surface area contributed by atoms with Gasteiger partial charge >= 0.3 is 0 Å². The predicted octanol–water partition coefficient (Wildman–Crippen LogP) is 3.16. The summed E-state index contributed by atoms with van der Waals surface area (Å²) in [5, 5.41) is 14.5. The van der Waals surface area contributed by atoms with E-state index >= 15 is 0 Å². The zero-order valence-corrected chi connectivity index (χ0v) is 13.6. The highest BCUT2D eigenvalue weighted by Gasteiger charge is 2.09. The van der Waals surface area contributed by atoms with Gasteiger partial charge in [-0.25, -0.2) is 14.4 Å². The van der Waals surface area contributed by atoms with Crippen LogP contribution in [0.1, 0.15) is 21.5 Å². The Morgan fingerprint density at radius 1 is 1.12 bits per heavy atom. The summed E-state index contributed by atoms with van der Waals surface area (Å²) in [6.45, 7) is 0.0759. The van der Waals surface area contributed by atoms with E-state index in [4.69, 9.17) is 5.26 Å². The van der Waals surface area contributed by atoms with Gasteiger partial charge in [0.2, 0.25) is 5.95 Å². The Morgan fingerprint density at radius 2 is 1.88 bits per heavy atom. The zero-order chi connectivity index (χ0) is 18.4. The van der Waals surface area contributed by atoms with Crippen molar-refractivity contribution in [3.05, 3.63) is 83.4 Å². The maximum atomic E-state index is 13.6. The van der Waals surface area contributed by atoms with Gasteiger partial charge in [-0.2, -0.15) is 5.26 Å². The lowest BCUT2D eigenvalue weighted by Gasteiger charge is -2.07. The number of nitrogens with one attached hydrogen (secondary N) is 2. The second kappa shape index (κ2) is 7.85. The van der Waals surface area contributed by atoms with Gasteiger partial charge in [-0.05, 0) is 24.3 Å². The zero-order valence-electron chi connectivity index (χ0n) is 13.6. The summed E-state index contributed by atoms with van der Waals surface area (Å²) < 4.78 is 13.6. The van der Waals surface area contributed by atoms with Gasteiger partial charge in [0.15, 0.2) is 0 Å². The normalized spacial score (nSPS) is 10.0. The van der Waals surface area contributed by atoms with Crippen LogP contribution >= 0.6 is 0 Å². The molecule has 1 amide bonds. The molecular formula is C19H14FN5O. The lowest BCUT2D eigenvalue weighted by atomic mass is 10.2. The number of halogens is 1. The molecular weight excluding hydrogens is 333 g/mol. The first-order valence-corrected chi connectivity index (χ1v) is 7.76. The van der Waals surface area contributed by atoms with E-state index in [-0.39, 0.29) is 17.9 Å². The van der Waals surface area contributed by atoms with E-state index in [1.165, 1.54) is 18.5 Å². The number of rotatable bonds is 5. The fraction of sp³-hybridized carbons (Fsp3) is 0.0526. The number of amides is 1. The van der Waals surface area contributed by atoms with Crippen molar-refractivity contribution < 1.29 is 9.18 Å². The molecule has 0 bridgehead atoms. The maximum Gasteiger partial charge on any atom is 0.254 e. The molecule has 1 aromatic heterocycles. The summed E-state index contributed by atoms with van der Waals surface area (Å²) in [4.78, 5) is 20.3. The molecule has 0 aliphatic carbocycles. The number of carbonyl (C=O) groups excluding carboxylic acids is 1. The van der Waals surface area contributed by atoms with Crippen molar-refractivity contribution in [3.8, 4) is 6.07 Å². The Balaban J connectivity index is 1.62. The molecule has 0 aliphatic heterocycles. The molecule has 2 N–H and O–H groups in total. The molecule has 3 rings (SSSR count). The highest BCUT2D eigenvalue weighted by Crippen LogP contribution is 2.14. The molecule has 7 heteroatoms. The van der Waals surface area contributed by atoms with Crippen LogP contribution in [-0.4, -0.2) is 15.9 Å². The van der Waals surface area contributed by atoms with E-state index in [0.29, 0.717) is 22.8 Å². The van der Waals surface area contributed by atoms with E-state index in [0.717, 1.165) is 0 Å². The van der Waals surface area contributed by atoms with Crippen LogP contribution in [0.15, 0.2) is 60.9 Å². The van der Waals surface area contributed by atoms with Gasteiger partial charge in [0, 0.05) is 30.2 Å². The van der Waals surface area contributed by atoms with Crippen LogP contribution < -0.4 is 10.6 Å². The average molecular weight is 347 g/mol. The quantitative estimate of drug-likeness (QED) is 0.740. The van der Waals surface area contributed by atoms with Crippen LogP contribution in [0, 0.1) is 17.1 Å². The van der Waals surface area contributed by atoms with E-state index in [1.807, 2.05) is 6.07 Å². The van der Waals surface area contributed by atoms with Crippen molar-refractivity contribution in [1.29, 1.82) is 5.26 Å². The number of benzene rings is 2. The van der Waals surface area contributed by atoms with Crippen molar-refractivity contribution in [1.82, 2.24) is 15.3 Å². The van der Waals surface area contributed by atoms with Crippen molar-refractivity contribution in [2.45, 2.75) is 6.54 Å². The SMILES string of the molecule is N#Cc1cccc(Nc2ncc(C(=O)NCc3ccccc3F)cn2)c1. The number of hydrogen-bond acceptors (Lipinski definition) is 5. The average Bonchev–Trinajstić information content (AvgIpc) is 2.68. The highest BCUT2D eigenvalue weighted by atomic mass is 19.1. The molecule has 128 valence electrons. The van der Waals surface area contributed by atoms with Crippen LogP contribution in [0.2, 0.25) is 0 Å². The second-order valence-electron chi connectivity index (χ2n) is 5.39. The van der Waals surface area contributed by atoms with Gasteiger partial charge in [0.25, 0.3) is 5.91 Å². The lowest BCUT2D eigenvalue weighted by molar-refractivity contribution is 0.0950. The fourth-order valence-electron chi connectivity index (χ4n) is 2.22. The monoisotopic (exact) mass is 347 g/mol. The van der Waals surface area contributed by atoms with Crippen molar-refractivity contribution in [3.63, 3.8) is 0 Å². The number of carbonyl (C=O) groups is 1. The van der Waals surface area contributed by atoms with Crippen LogP contribution in [0.4, 0.5) is 16.0 Å². The molecule has 1 heterocycles. The largest absolute Gasteiger partial charge is 0.348 e. The summed E-state index contributed by atoms with van der Waals surface area (Å²) in [7, 11) is 0. The Bertz CT molecular complexity index is 966. The number of nitriles is 1. The summed E-state index contributed by atoms with van der Waals surface area (Å²) in [6.07, 6.45) is 2.75. The van der Waals surface area contributed by atoms with E-state index in [2.05, 4.69) is 20.6 Å². The second-order valence-corrected chi connectivity index (χ2v) is 5.39. The first-order valence-electron chi connectivity index (χ1n) is 7.76. The first-order chi connectivity index (χ1) is 12.7. The lowest BCUT2D eigenvalue weighted by Crippen LogP contribution is -2.23. The summed E-state index contributed by atoms with van der Waals surface area (Å²) in [6, 6.07) is 15.2.